The number of rotatable bonds is 4. The van der Waals surface area contributed by atoms with Crippen LogP contribution in [0.2, 0.25) is 0 Å². The van der Waals surface area contributed by atoms with Crippen molar-refractivity contribution >= 4 is 11.7 Å². The molecule has 7 heteroatoms. The van der Waals surface area contributed by atoms with Gasteiger partial charge < -0.3 is 14.5 Å². The third-order valence-electron chi connectivity index (χ3n) is 4.06. The van der Waals surface area contributed by atoms with Crippen molar-refractivity contribution in [3.8, 4) is 11.9 Å². The molecule has 1 aromatic carbocycles. The van der Waals surface area contributed by atoms with Gasteiger partial charge in [0.2, 0.25) is 5.88 Å². The summed E-state index contributed by atoms with van der Waals surface area (Å²) in [4.78, 5) is 16.1. The van der Waals surface area contributed by atoms with Gasteiger partial charge in [0.25, 0.3) is 5.91 Å². The molecule has 0 N–H and O–H groups in total. The summed E-state index contributed by atoms with van der Waals surface area (Å²) < 4.78 is 5.83. The van der Waals surface area contributed by atoms with Crippen molar-refractivity contribution in [2.45, 2.75) is 12.5 Å². The second-order valence-corrected chi connectivity index (χ2v) is 6.09. The Bertz CT molecular complexity index is 781. The number of ether oxygens (including phenoxy) is 1. The van der Waals surface area contributed by atoms with Gasteiger partial charge in [0, 0.05) is 38.7 Å². The summed E-state index contributed by atoms with van der Waals surface area (Å²) in [5.41, 5.74) is 1.12. The molecule has 7 nitrogen and oxygen atoms in total. The van der Waals surface area contributed by atoms with Crippen LogP contribution in [0.1, 0.15) is 22.3 Å². The van der Waals surface area contributed by atoms with Crippen molar-refractivity contribution < 1.29 is 9.53 Å². The highest BCUT2D eigenvalue weighted by Crippen LogP contribution is 2.19. The van der Waals surface area contributed by atoms with E-state index < -0.39 is 0 Å². The summed E-state index contributed by atoms with van der Waals surface area (Å²) in [6, 6.07) is 12.3. The minimum Gasteiger partial charge on any atom is -0.471 e. The van der Waals surface area contributed by atoms with Crippen molar-refractivity contribution in [3.63, 3.8) is 0 Å². The molecule has 1 atom stereocenters. The molecule has 2 heterocycles. The predicted octanol–water partition coefficient (Wildman–Crippen LogP) is 1.71. The minimum atomic E-state index is -0.0955. The van der Waals surface area contributed by atoms with E-state index in [9.17, 15) is 4.79 Å². The molecule has 0 aliphatic carbocycles. The highest BCUT2D eigenvalue weighted by Gasteiger charge is 2.28. The fourth-order valence-corrected chi connectivity index (χ4v) is 2.66. The molecule has 3 rings (SSSR count). The van der Waals surface area contributed by atoms with E-state index in [0.29, 0.717) is 30.1 Å². The highest BCUT2D eigenvalue weighted by atomic mass is 16.5. The summed E-state index contributed by atoms with van der Waals surface area (Å²) in [6.45, 7) is 1.14. The fourth-order valence-electron chi connectivity index (χ4n) is 2.66. The Morgan fingerprint density at radius 2 is 2.00 bits per heavy atom. The van der Waals surface area contributed by atoms with Crippen LogP contribution in [0, 0.1) is 11.3 Å². The lowest BCUT2D eigenvalue weighted by Gasteiger charge is -2.17. The largest absolute Gasteiger partial charge is 0.471 e. The van der Waals surface area contributed by atoms with Crippen LogP contribution in [0.3, 0.4) is 0 Å². The molecule has 1 saturated heterocycles. The number of hydrogen-bond acceptors (Lipinski definition) is 6. The third-order valence-corrected chi connectivity index (χ3v) is 4.06. The Balaban J connectivity index is 1.59. The maximum absolute atomic E-state index is 12.5. The van der Waals surface area contributed by atoms with Crippen LogP contribution < -0.4 is 9.64 Å². The Kier molecular flexibility index (Phi) is 4.80. The molecule has 1 fully saturated rings. The quantitative estimate of drug-likeness (QED) is 0.845. The number of anilines is 1. The molecule has 1 aliphatic rings. The van der Waals surface area contributed by atoms with Crippen LogP contribution in [-0.4, -0.2) is 54.3 Å². The fraction of sp³-hybridized carbons (Fsp3) is 0.333. The smallest absolute Gasteiger partial charge is 0.253 e. The Morgan fingerprint density at radius 3 is 2.60 bits per heavy atom. The highest BCUT2D eigenvalue weighted by molar-refractivity contribution is 5.94. The van der Waals surface area contributed by atoms with Crippen LogP contribution in [0.25, 0.3) is 0 Å². The summed E-state index contributed by atoms with van der Waals surface area (Å²) >= 11 is 0. The van der Waals surface area contributed by atoms with Crippen molar-refractivity contribution in [2.75, 3.05) is 32.1 Å². The molecule has 2 aromatic rings. The van der Waals surface area contributed by atoms with Crippen molar-refractivity contribution in [2.24, 2.45) is 0 Å². The van der Waals surface area contributed by atoms with E-state index in [1.165, 1.54) is 0 Å². The molecule has 25 heavy (non-hydrogen) atoms. The van der Waals surface area contributed by atoms with Crippen molar-refractivity contribution in [1.82, 2.24) is 15.1 Å². The van der Waals surface area contributed by atoms with Crippen LogP contribution >= 0.6 is 0 Å². The van der Waals surface area contributed by atoms with E-state index in [-0.39, 0.29) is 12.0 Å². The molecule has 1 amide bonds. The van der Waals surface area contributed by atoms with E-state index >= 15 is 0 Å². The number of aromatic nitrogens is 2. The number of carbonyl (C=O) groups excluding carboxylic acids is 1. The van der Waals surface area contributed by atoms with Gasteiger partial charge in [-0.05, 0) is 30.3 Å². The first-order valence-electron chi connectivity index (χ1n) is 8.04. The van der Waals surface area contributed by atoms with Crippen LogP contribution in [0.5, 0.6) is 5.88 Å². The Labute approximate surface area is 146 Å². The molecule has 1 aromatic heterocycles. The lowest BCUT2D eigenvalue weighted by atomic mass is 10.1. The molecule has 0 spiro atoms. The number of nitrogens with zero attached hydrogens (tertiary/aromatic N) is 5. The zero-order valence-corrected chi connectivity index (χ0v) is 14.2. The zero-order valence-electron chi connectivity index (χ0n) is 14.2. The summed E-state index contributed by atoms with van der Waals surface area (Å²) in [5.74, 6) is 1.17. The lowest BCUT2D eigenvalue weighted by molar-refractivity contribution is 0.0771. The Morgan fingerprint density at radius 1 is 1.24 bits per heavy atom. The first-order chi connectivity index (χ1) is 12.1. The van der Waals surface area contributed by atoms with E-state index in [0.717, 1.165) is 12.2 Å². The van der Waals surface area contributed by atoms with E-state index in [1.807, 2.05) is 31.1 Å². The first-order valence-corrected chi connectivity index (χ1v) is 8.04. The van der Waals surface area contributed by atoms with Gasteiger partial charge in [-0.3, -0.25) is 4.79 Å². The van der Waals surface area contributed by atoms with Gasteiger partial charge in [-0.1, -0.05) is 0 Å². The summed E-state index contributed by atoms with van der Waals surface area (Å²) in [7, 11) is 3.79. The van der Waals surface area contributed by atoms with E-state index in [1.54, 1.807) is 35.2 Å². The average Bonchev–Trinajstić information content (AvgIpc) is 3.10. The van der Waals surface area contributed by atoms with Gasteiger partial charge >= 0.3 is 0 Å². The SMILES string of the molecule is CN(C)c1ccc(O[C@H]2CCN(C(=O)c3ccc(C#N)cc3)C2)nn1. The number of amides is 1. The van der Waals surface area contributed by atoms with E-state index in [2.05, 4.69) is 10.2 Å². The second kappa shape index (κ2) is 7.18. The van der Waals surface area contributed by atoms with Gasteiger partial charge in [-0.2, -0.15) is 5.26 Å². The normalized spacial score (nSPS) is 16.4. The van der Waals surface area contributed by atoms with Gasteiger partial charge in [-0.15, -0.1) is 10.2 Å². The van der Waals surface area contributed by atoms with Gasteiger partial charge in [-0.25, -0.2) is 0 Å². The lowest BCUT2D eigenvalue weighted by Crippen LogP contribution is -2.31. The molecule has 0 unspecified atom stereocenters. The molecule has 0 bridgehead atoms. The van der Waals surface area contributed by atoms with E-state index in [4.69, 9.17) is 10.00 Å². The summed E-state index contributed by atoms with van der Waals surface area (Å²) in [6.07, 6.45) is 0.654. The van der Waals surface area contributed by atoms with Crippen LogP contribution in [-0.2, 0) is 0 Å². The van der Waals surface area contributed by atoms with Crippen LogP contribution in [0.15, 0.2) is 36.4 Å². The maximum atomic E-state index is 12.5. The Hall–Kier alpha value is -3.14. The first kappa shape index (κ1) is 16.7. The van der Waals surface area contributed by atoms with Crippen LogP contribution in [0.4, 0.5) is 5.82 Å². The number of carbonyl (C=O) groups is 1. The second-order valence-electron chi connectivity index (χ2n) is 6.09. The molecule has 0 radical (unpaired) electrons. The third kappa shape index (κ3) is 3.86. The number of benzene rings is 1. The number of likely N-dealkylation sites (tertiary alicyclic amines) is 1. The zero-order chi connectivity index (χ0) is 17.8. The summed E-state index contributed by atoms with van der Waals surface area (Å²) in [5, 5.41) is 17.0. The molecular formula is C18H19N5O2. The predicted molar refractivity (Wildman–Crippen MR) is 92.5 cm³/mol. The number of nitriles is 1. The number of hydrogen-bond donors (Lipinski definition) is 0. The monoisotopic (exact) mass is 337 g/mol. The molecule has 128 valence electrons. The molecule has 0 saturated carbocycles. The maximum Gasteiger partial charge on any atom is 0.253 e. The van der Waals surface area contributed by atoms with Crippen molar-refractivity contribution in [1.29, 1.82) is 5.26 Å². The molecular weight excluding hydrogens is 318 g/mol. The average molecular weight is 337 g/mol. The van der Waals surface area contributed by atoms with Crippen molar-refractivity contribution in [3.05, 3.63) is 47.5 Å². The minimum absolute atomic E-state index is 0.0513. The van der Waals surface area contributed by atoms with Gasteiger partial charge in [0.15, 0.2) is 5.82 Å². The van der Waals surface area contributed by atoms with Gasteiger partial charge in [0.05, 0.1) is 18.2 Å². The topological polar surface area (TPSA) is 82.4 Å². The molecule has 1 aliphatic heterocycles. The standard InChI is InChI=1S/C18H19N5O2/c1-22(2)16-7-8-17(21-20-16)25-15-9-10-23(12-15)18(24)14-5-3-13(11-19)4-6-14/h3-8,15H,9-10,12H2,1-2H3/t15-/m0/s1. The van der Waals surface area contributed by atoms with Gasteiger partial charge in [0.1, 0.15) is 6.10 Å².